The number of aliphatic hydroxyl groups is 1. The Bertz CT molecular complexity index is 314. The maximum absolute atomic E-state index is 9.76. The molecule has 1 unspecified atom stereocenters. The first kappa shape index (κ1) is 13.0. The van der Waals surface area contributed by atoms with E-state index in [0.717, 1.165) is 34.3 Å². The van der Waals surface area contributed by atoms with Crippen LogP contribution < -0.4 is 0 Å². The summed E-state index contributed by atoms with van der Waals surface area (Å²) in [6.45, 7) is 2.12. The third-order valence-electron chi connectivity index (χ3n) is 2.36. The number of rotatable bonds is 5. The van der Waals surface area contributed by atoms with Gasteiger partial charge in [-0.15, -0.1) is 0 Å². The van der Waals surface area contributed by atoms with Gasteiger partial charge in [0.2, 0.25) is 0 Å². The van der Waals surface area contributed by atoms with Crippen LogP contribution in [0.25, 0.3) is 0 Å². The molecule has 1 aromatic carbocycles. The quantitative estimate of drug-likeness (QED) is 0.862. The number of hydrogen-bond donors (Lipinski definition) is 1. The highest BCUT2D eigenvalue weighted by molar-refractivity contribution is 9.10. The minimum Gasteiger partial charge on any atom is -0.393 e. The summed E-state index contributed by atoms with van der Waals surface area (Å²) in [5.41, 5.74) is 1.02. The molecule has 0 heterocycles. The van der Waals surface area contributed by atoms with Crippen LogP contribution in [0, 0.1) is 0 Å². The van der Waals surface area contributed by atoms with Crippen molar-refractivity contribution in [1.82, 2.24) is 0 Å². The van der Waals surface area contributed by atoms with E-state index >= 15 is 0 Å². The molecule has 84 valence electrons. The van der Waals surface area contributed by atoms with E-state index in [0.29, 0.717) is 6.42 Å². The molecule has 0 bridgehead atoms. The lowest BCUT2D eigenvalue weighted by molar-refractivity contribution is 0.162. The van der Waals surface area contributed by atoms with Crippen molar-refractivity contribution in [2.75, 3.05) is 0 Å². The van der Waals surface area contributed by atoms with Gasteiger partial charge < -0.3 is 5.11 Å². The SMILES string of the molecule is CCCCC(O)Cc1ccc(Br)cc1Cl. The highest BCUT2D eigenvalue weighted by Crippen LogP contribution is 2.23. The van der Waals surface area contributed by atoms with Crippen LogP contribution in [0.4, 0.5) is 0 Å². The molecule has 0 radical (unpaired) electrons. The summed E-state index contributed by atoms with van der Waals surface area (Å²) in [5.74, 6) is 0. The molecule has 0 aliphatic carbocycles. The molecular formula is C12H16BrClO. The maximum Gasteiger partial charge on any atom is 0.0581 e. The zero-order valence-electron chi connectivity index (χ0n) is 8.84. The molecule has 0 aliphatic rings. The molecule has 0 saturated carbocycles. The third-order valence-corrected chi connectivity index (χ3v) is 3.21. The normalized spacial score (nSPS) is 12.8. The molecule has 1 N–H and O–H groups in total. The van der Waals surface area contributed by atoms with Gasteiger partial charge in [0.25, 0.3) is 0 Å². The van der Waals surface area contributed by atoms with Crippen molar-refractivity contribution in [3.8, 4) is 0 Å². The van der Waals surface area contributed by atoms with Crippen LogP contribution in [0.3, 0.4) is 0 Å². The second-order valence-electron chi connectivity index (χ2n) is 3.74. The molecule has 0 fully saturated rings. The first-order chi connectivity index (χ1) is 7.13. The molecule has 0 aromatic heterocycles. The minimum absolute atomic E-state index is 0.274. The predicted octanol–water partition coefficient (Wildman–Crippen LogP) is 4.20. The average Bonchev–Trinajstić information content (AvgIpc) is 2.19. The Balaban J connectivity index is 2.56. The van der Waals surface area contributed by atoms with Crippen LogP contribution in [0.2, 0.25) is 5.02 Å². The molecular weight excluding hydrogens is 275 g/mol. The largest absolute Gasteiger partial charge is 0.393 e. The summed E-state index contributed by atoms with van der Waals surface area (Å²) in [4.78, 5) is 0. The van der Waals surface area contributed by atoms with E-state index in [9.17, 15) is 5.11 Å². The smallest absolute Gasteiger partial charge is 0.0581 e. The van der Waals surface area contributed by atoms with Crippen LogP contribution >= 0.6 is 27.5 Å². The monoisotopic (exact) mass is 290 g/mol. The van der Waals surface area contributed by atoms with Crippen LogP contribution in [0.15, 0.2) is 22.7 Å². The summed E-state index contributed by atoms with van der Waals surface area (Å²) in [6, 6.07) is 5.78. The molecule has 1 atom stereocenters. The second-order valence-corrected chi connectivity index (χ2v) is 5.06. The lowest BCUT2D eigenvalue weighted by Gasteiger charge is -2.11. The summed E-state index contributed by atoms with van der Waals surface area (Å²) < 4.78 is 0.972. The predicted molar refractivity (Wildman–Crippen MR) is 68.4 cm³/mol. The van der Waals surface area contributed by atoms with E-state index in [1.807, 2.05) is 18.2 Å². The molecule has 0 amide bonds. The van der Waals surface area contributed by atoms with Crippen LogP contribution in [0.1, 0.15) is 31.7 Å². The number of halogens is 2. The maximum atomic E-state index is 9.76. The molecule has 1 aromatic rings. The van der Waals surface area contributed by atoms with Gasteiger partial charge in [-0.1, -0.05) is 53.4 Å². The highest BCUT2D eigenvalue weighted by atomic mass is 79.9. The van der Waals surface area contributed by atoms with Gasteiger partial charge in [-0.05, 0) is 30.5 Å². The molecule has 1 nitrogen and oxygen atoms in total. The summed E-state index contributed by atoms with van der Waals surface area (Å²) in [5, 5.41) is 10.5. The Morgan fingerprint density at radius 3 is 2.80 bits per heavy atom. The fraction of sp³-hybridized carbons (Fsp3) is 0.500. The topological polar surface area (TPSA) is 20.2 Å². The lowest BCUT2D eigenvalue weighted by atomic mass is 10.0. The molecule has 3 heteroatoms. The highest BCUT2D eigenvalue weighted by Gasteiger charge is 2.08. The molecule has 0 saturated heterocycles. The van der Waals surface area contributed by atoms with Crippen LogP contribution in [0.5, 0.6) is 0 Å². The Labute approximate surface area is 105 Å². The van der Waals surface area contributed by atoms with E-state index in [2.05, 4.69) is 22.9 Å². The van der Waals surface area contributed by atoms with Crippen molar-refractivity contribution in [3.05, 3.63) is 33.3 Å². The first-order valence-corrected chi connectivity index (χ1v) is 6.42. The fourth-order valence-corrected chi connectivity index (χ4v) is 2.23. The van der Waals surface area contributed by atoms with Gasteiger partial charge in [-0.25, -0.2) is 0 Å². The Morgan fingerprint density at radius 1 is 1.47 bits per heavy atom. The van der Waals surface area contributed by atoms with Gasteiger partial charge in [-0.3, -0.25) is 0 Å². The number of aliphatic hydroxyl groups excluding tert-OH is 1. The summed E-state index contributed by atoms with van der Waals surface area (Å²) in [7, 11) is 0. The molecule has 0 aliphatic heterocycles. The minimum atomic E-state index is -0.274. The Kier molecular flexibility index (Phi) is 5.65. The number of benzene rings is 1. The van der Waals surface area contributed by atoms with Gasteiger partial charge in [0.05, 0.1) is 6.10 Å². The van der Waals surface area contributed by atoms with Crippen molar-refractivity contribution in [2.45, 2.75) is 38.7 Å². The number of unbranched alkanes of at least 4 members (excludes halogenated alkanes) is 1. The Hall–Kier alpha value is -0.0500. The fourth-order valence-electron chi connectivity index (χ4n) is 1.48. The van der Waals surface area contributed by atoms with Gasteiger partial charge in [0.15, 0.2) is 0 Å². The van der Waals surface area contributed by atoms with Crippen molar-refractivity contribution in [3.63, 3.8) is 0 Å². The Morgan fingerprint density at radius 2 is 2.20 bits per heavy atom. The van der Waals surface area contributed by atoms with Crippen LogP contribution in [-0.2, 0) is 6.42 Å². The van der Waals surface area contributed by atoms with Gasteiger partial charge in [0.1, 0.15) is 0 Å². The van der Waals surface area contributed by atoms with E-state index in [4.69, 9.17) is 11.6 Å². The molecule has 1 rings (SSSR count). The van der Waals surface area contributed by atoms with Crippen molar-refractivity contribution in [1.29, 1.82) is 0 Å². The zero-order valence-corrected chi connectivity index (χ0v) is 11.2. The lowest BCUT2D eigenvalue weighted by Crippen LogP contribution is -2.10. The standard InChI is InChI=1S/C12H16BrClO/c1-2-3-4-11(15)7-9-5-6-10(13)8-12(9)14/h5-6,8,11,15H,2-4,7H2,1H3. The third kappa shape index (κ3) is 4.54. The number of hydrogen-bond acceptors (Lipinski definition) is 1. The first-order valence-electron chi connectivity index (χ1n) is 5.25. The van der Waals surface area contributed by atoms with E-state index in [-0.39, 0.29) is 6.10 Å². The summed E-state index contributed by atoms with van der Waals surface area (Å²) in [6.07, 6.45) is 3.40. The average molecular weight is 292 g/mol. The van der Waals surface area contributed by atoms with Crippen molar-refractivity contribution < 1.29 is 5.11 Å². The second kappa shape index (κ2) is 6.51. The molecule has 0 spiro atoms. The van der Waals surface area contributed by atoms with E-state index in [1.165, 1.54) is 0 Å². The van der Waals surface area contributed by atoms with Crippen molar-refractivity contribution in [2.24, 2.45) is 0 Å². The van der Waals surface area contributed by atoms with Crippen LogP contribution in [-0.4, -0.2) is 11.2 Å². The molecule has 15 heavy (non-hydrogen) atoms. The summed E-state index contributed by atoms with van der Waals surface area (Å²) >= 11 is 9.42. The van der Waals surface area contributed by atoms with Gasteiger partial charge >= 0.3 is 0 Å². The van der Waals surface area contributed by atoms with Gasteiger partial charge in [-0.2, -0.15) is 0 Å². The van der Waals surface area contributed by atoms with Gasteiger partial charge in [0, 0.05) is 9.50 Å². The zero-order chi connectivity index (χ0) is 11.3. The van der Waals surface area contributed by atoms with E-state index < -0.39 is 0 Å². The van der Waals surface area contributed by atoms with E-state index in [1.54, 1.807) is 0 Å². The van der Waals surface area contributed by atoms with Crippen molar-refractivity contribution >= 4 is 27.5 Å².